The fourth-order valence-corrected chi connectivity index (χ4v) is 2.32. The molecule has 4 heteroatoms. The number of carbonyl (C=O) groups excluding carboxylic acids is 1. The Morgan fingerprint density at radius 2 is 1.94 bits per heavy atom. The zero-order valence-corrected chi connectivity index (χ0v) is 11.6. The Bertz CT molecular complexity index is 414. The number of ketones is 1. The van der Waals surface area contributed by atoms with Crippen LogP contribution in [0.2, 0.25) is 0 Å². The maximum absolute atomic E-state index is 11.3. The van der Waals surface area contributed by atoms with Crippen molar-refractivity contribution in [2.24, 2.45) is 0 Å². The van der Waals surface area contributed by atoms with Crippen LogP contribution < -0.4 is 5.73 Å². The minimum absolute atomic E-state index is 0. The van der Waals surface area contributed by atoms with Crippen LogP contribution in [0.5, 0.6) is 0 Å². The number of nitrogens with two attached hydrogens (primary N) is 1. The summed E-state index contributed by atoms with van der Waals surface area (Å²) in [5, 5.41) is 0. The van der Waals surface area contributed by atoms with Crippen LogP contribution in [-0.4, -0.2) is 23.8 Å². The number of Topliss-reactive ketones (excluding diaryl/α,β-unsaturated/α-hetero) is 1. The minimum atomic E-state index is 0. The summed E-state index contributed by atoms with van der Waals surface area (Å²) in [6.07, 6.45) is 3.87. The van der Waals surface area contributed by atoms with Gasteiger partial charge in [0.2, 0.25) is 0 Å². The molecule has 100 valence electrons. The number of carbonyl (C=O) groups is 1. The third kappa shape index (κ3) is 3.72. The Morgan fingerprint density at radius 3 is 2.56 bits per heavy atom. The van der Waals surface area contributed by atoms with Gasteiger partial charge in [0.25, 0.3) is 0 Å². The standard InChI is InChI=1S/C14H20N2O.ClH/c1-11(17)12-5-6-14(15)13(9-12)10-16-7-3-2-4-8-16;/h5-6,9H,2-4,7-8,10,15H2,1H3;1H. The lowest BCUT2D eigenvalue weighted by Gasteiger charge is -2.27. The number of piperidine rings is 1. The third-order valence-electron chi connectivity index (χ3n) is 3.39. The Balaban J connectivity index is 0.00000162. The maximum Gasteiger partial charge on any atom is 0.159 e. The van der Waals surface area contributed by atoms with Crippen molar-refractivity contribution in [1.29, 1.82) is 0 Å². The Labute approximate surface area is 115 Å². The van der Waals surface area contributed by atoms with E-state index in [2.05, 4.69) is 4.90 Å². The van der Waals surface area contributed by atoms with E-state index >= 15 is 0 Å². The highest BCUT2D eigenvalue weighted by Crippen LogP contribution is 2.19. The number of nitrogens with zero attached hydrogens (tertiary/aromatic N) is 1. The summed E-state index contributed by atoms with van der Waals surface area (Å²) in [7, 11) is 0. The van der Waals surface area contributed by atoms with Gasteiger partial charge in [-0.15, -0.1) is 12.4 Å². The number of nitrogen functional groups attached to an aromatic ring is 1. The number of halogens is 1. The molecule has 0 spiro atoms. The molecule has 1 aliphatic rings. The number of hydrogen-bond donors (Lipinski definition) is 1. The SMILES string of the molecule is CC(=O)c1ccc(N)c(CN2CCCCC2)c1.Cl. The van der Waals surface area contributed by atoms with Gasteiger partial charge in [0, 0.05) is 17.8 Å². The van der Waals surface area contributed by atoms with E-state index in [0.29, 0.717) is 0 Å². The molecule has 0 radical (unpaired) electrons. The van der Waals surface area contributed by atoms with E-state index in [0.717, 1.165) is 36.4 Å². The molecule has 0 aromatic heterocycles. The van der Waals surface area contributed by atoms with Crippen LogP contribution in [0.1, 0.15) is 42.1 Å². The van der Waals surface area contributed by atoms with Crippen LogP contribution in [0.4, 0.5) is 5.69 Å². The van der Waals surface area contributed by atoms with Gasteiger partial charge >= 0.3 is 0 Å². The highest BCUT2D eigenvalue weighted by Gasteiger charge is 2.12. The zero-order valence-electron chi connectivity index (χ0n) is 10.8. The molecule has 0 atom stereocenters. The van der Waals surface area contributed by atoms with Crippen LogP contribution in [0, 0.1) is 0 Å². The summed E-state index contributed by atoms with van der Waals surface area (Å²) in [5.74, 6) is 0.102. The van der Waals surface area contributed by atoms with E-state index in [4.69, 9.17) is 5.73 Å². The number of anilines is 1. The highest BCUT2D eigenvalue weighted by molar-refractivity contribution is 5.94. The summed E-state index contributed by atoms with van der Waals surface area (Å²) in [5.41, 5.74) is 8.60. The van der Waals surface area contributed by atoms with Gasteiger partial charge in [0.05, 0.1) is 0 Å². The van der Waals surface area contributed by atoms with Crippen molar-refractivity contribution in [1.82, 2.24) is 4.90 Å². The average molecular weight is 269 g/mol. The van der Waals surface area contributed by atoms with Crippen LogP contribution in [0.3, 0.4) is 0 Å². The van der Waals surface area contributed by atoms with E-state index in [9.17, 15) is 4.79 Å². The van der Waals surface area contributed by atoms with Crippen LogP contribution in [-0.2, 0) is 6.54 Å². The molecule has 1 saturated heterocycles. The Hall–Kier alpha value is -1.06. The topological polar surface area (TPSA) is 46.3 Å². The van der Waals surface area contributed by atoms with Gasteiger partial charge in [-0.25, -0.2) is 0 Å². The van der Waals surface area contributed by atoms with Crippen molar-refractivity contribution >= 4 is 23.9 Å². The van der Waals surface area contributed by atoms with E-state index < -0.39 is 0 Å². The van der Waals surface area contributed by atoms with Gasteiger partial charge < -0.3 is 5.73 Å². The second-order valence-corrected chi connectivity index (χ2v) is 4.81. The molecule has 1 aromatic rings. The van der Waals surface area contributed by atoms with Gasteiger partial charge in [0.15, 0.2) is 5.78 Å². The molecule has 2 rings (SSSR count). The first kappa shape index (κ1) is 15.0. The van der Waals surface area contributed by atoms with Crippen molar-refractivity contribution < 1.29 is 4.79 Å². The quantitative estimate of drug-likeness (QED) is 0.677. The van der Waals surface area contributed by atoms with E-state index in [1.807, 2.05) is 12.1 Å². The fourth-order valence-electron chi connectivity index (χ4n) is 2.32. The number of likely N-dealkylation sites (tertiary alicyclic amines) is 1. The molecule has 18 heavy (non-hydrogen) atoms. The predicted molar refractivity (Wildman–Crippen MR) is 77.2 cm³/mol. The van der Waals surface area contributed by atoms with Gasteiger partial charge in [-0.3, -0.25) is 9.69 Å². The number of hydrogen-bond acceptors (Lipinski definition) is 3. The largest absolute Gasteiger partial charge is 0.398 e. The van der Waals surface area contributed by atoms with Gasteiger partial charge in [-0.2, -0.15) is 0 Å². The highest BCUT2D eigenvalue weighted by atomic mass is 35.5. The number of rotatable bonds is 3. The van der Waals surface area contributed by atoms with Gasteiger partial charge in [-0.1, -0.05) is 6.42 Å². The molecule has 1 fully saturated rings. The van der Waals surface area contributed by atoms with Crippen molar-refractivity contribution in [3.8, 4) is 0 Å². The smallest absolute Gasteiger partial charge is 0.159 e. The van der Waals surface area contributed by atoms with Crippen molar-refractivity contribution in [3.05, 3.63) is 29.3 Å². The lowest BCUT2D eigenvalue weighted by molar-refractivity contribution is 0.101. The van der Waals surface area contributed by atoms with Crippen molar-refractivity contribution in [2.45, 2.75) is 32.7 Å². The van der Waals surface area contributed by atoms with Crippen LogP contribution in [0.15, 0.2) is 18.2 Å². The van der Waals surface area contributed by atoms with Crippen molar-refractivity contribution in [2.75, 3.05) is 18.8 Å². The molecular formula is C14H21ClN2O. The molecule has 3 nitrogen and oxygen atoms in total. The second-order valence-electron chi connectivity index (χ2n) is 4.81. The molecule has 0 unspecified atom stereocenters. The van der Waals surface area contributed by atoms with E-state index in [1.165, 1.54) is 19.3 Å². The van der Waals surface area contributed by atoms with Crippen LogP contribution in [0.25, 0.3) is 0 Å². The molecule has 0 bridgehead atoms. The molecular weight excluding hydrogens is 248 g/mol. The lowest BCUT2D eigenvalue weighted by Crippen LogP contribution is -2.29. The van der Waals surface area contributed by atoms with Crippen molar-refractivity contribution in [3.63, 3.8) is 0 Å². The first-order valence-corrected chi connectivity index (χ1v) is 6.28. The molecule has 0 aliphatic carbocycles. The first-order chi connectivity index (χ1) is 8.16. The van der Waals surface area contributed by atoms with E-state index in [-0.39, 0.29) is 18.2 Å². The zero-order chi connectivity index (χ0) is 12.3. The summed E-state index contributed by atoms with van der Waals surface area (Å²) >= 11 is 0. The molecule has 0 amide bonds. The second kappa shape index (κ2) is 6.76. The van der Waals surface area contributed by atoms with E-state index in [1.54, 1.807) is 13.0 Å². The average Bonchev–Trinajstić information content (AvgIpc) is 2.33. The molecule has 1 aromatic carbocycles. The summed E-state index contributed by atoms with van der Waals surface area (Å²) in [6.45, 7) is 4.75. The normalized spacial score (nSPS) is 16.1. The first-order valence-electron chi connectivity index (χ1n) is 6.28. The number of benzene rings is 1. The summed E-state index contributed by atoms with van der Waals surface area (Å²) in [4.78, 5) is 13.8. The lowest BCUT2D eigenvalue weighted by atomic mass is 10.0. The molecule has 0 saturated carbocycles. The monoisotopic (exact) mass is 268 g/mol. The van der Waals surface area contributed by atoms with Crippen LogP contribution >= 0.6 is 12.4 Å². The van der Waals surface area contributed by atoms with Gasteiger partial charge in [-0.05, 0) is 56.6 Å². The molecule has 2 N–H and O–H groups in total. The third-order valence-corrected chi connectivity index (χ3v) is 3.39. The maximum atomic E-state index is 11.3. The minimum Gasteiger partial charge on any atom is -0.398 e. The molecule has 1 aliphatic heterocycles. The summed E-state index contributed by atoms with van der Waals surface area (Å²) in [6, 6.07) is 5.58. The molecule has 1 heterocycles. The fraction of sp³-hybridized carbons (Fsp3) is 0.500. The predicted octanol–water partition coefficient (Wildman–Crippen LogP) is 2.88. The Morgan fingerprint density at radius 1 is 1.28 bits per heavy atom. The summed E-state index contributed by atoms with van der Waals surface area (Å²) < 4.78 is 0. The Kier molecular flexibility index (Phi) is 5.63. The van der Waals surface area contributed by atoms with Gasteiger partial charge in [0.1, 0.15) is 0 Å².